The molecule has 0 aliphatic heterocycles. The number of para-hydroxylation sites is 1. The first-order chi connectivity index (χ1) is 9.81. The second kappa shape index (κ2) is 6.01. The van der Waals surface area contributed by atoms with Crippen molar-refractivity contribution in [1.82, 2.24) is 0 Å². The van der Waals surface area contributed by atoms with Gasteiger partial charge in [0.15, 0.2) is 0 Å². The van der Waals surface area contributed by atoms with E-state index in [-0.39, 0.29) is 6.10 Å². The van der Waals surface area contributed by atoms with Crippen molar-refractivity contribution in [1.29, 1.82) is 0 Å². The molecule has 108 valence electrons. The summed E-state index contributed by atoms with van der Waals surface area (Å²) in [4.78, 5) is 0. The van der Waals surface area contributed by atoms with Gasteiger partial charge in [-0.05, 0) is 32.8 Å². The normalized spacial score (nSPS) is 18.5. The van der Waals surface area contributed by atoms with E-state index in [1.54, 1.807) is 0 Å². The molecule has 20 heavy (non-hydrogen) atoms. The van der Waals surface area contributed by atoms with Crippen LogP contribution in [-0.4, -0.2) is 6.61 Å². The molecule has 1 aliphatic rings. The third-order valence-electron chi connectivity index (χ3n) is 4.46. The van der Waals surface area contributed by atoms with Gasteiger partial charge in [0.1, 0.15) is 11.3 Å². The molecule has 2 aromatic rings. The summed E-state index contributed by atoms with van der Waals surface area (Å²) in [6, 6.07) is 8.37. The Balaban J connectivity index is 2.06. The highest BCUT2D eigenvalue weighted by Crippen LogP contribution is 2.41. The van der Waals surface area contributed by atoms with Crippen molar-refractivity contribution in [3.8, 4) is 0 Å². The lowest BCUT2D eigenvalue weighted by Crippen LogP contribution is -2.08. The molecule has 1 aliphatic carbocycles. The van der Waals surface area contributed by atoms with Gasteiger partial charge in [-0.25, -0.2) is 0 Å². The SMILES string of the molecule is CCOC(C)c1c(C2CCCCC2)oc2ccccc12. The van der Waals surface area contributed by atoms with E-state index in [1.165, 1.54) is 48.8 Å². The minimum Gasteiger partial charge on any atom is -0.460 e. The summed E-state index contributed by atoms with van der Waals surface area (Å²) >= 11 is 0. The Morgan fingerprint density at radius 2 is 1.95 bits per heavy atom. The zero-order chi connectivity index (χ0) is 13.9. The van der Waals surface area contributed by atoms with Crippen LogP contribution in [0.1, 0.15) is 69.3 Å². The van der Waals surface area contributed by atoms with Crippen LogP contribution in [0.5, 0.6) is 0 Å². The summed E-state index contributed by atoms with van der Waals surface area (Å²) < 4.78 is 12.1. The Morgan fingerprint density at radius 3 is 2.70 bits per heavy atom. The molecule has 3 rings (SSSR count). The fraction of sp³-hybridized carbons (Fsp3) is 0.556. The molecule has 1 fully saturated rings. The van der Waals surface area contributed by atoms with E-state index in [9.17, 15) is 0 Å². The lowest BCUT2D eigenvalue weighted by molar-refractivity contribution is 0.0752. The van der Waals surface area contributed by atoms with Crippen LogP contribution < -0.4 is 0 Å². The molecular weight excluding hydrogens is 248 g/mol. The van der Waals surface area contributed by atoms with Gasteiger partial charge in [-0.1, -0.05) is 37.5 Å². The molecule has 1 aromatic carbocycles. The van der Waals surface area contributed by atoms with Gasteiger partial charge in [0.2, 0.25) is 0 Å². The van der Waals surface area contributed by atoms with Gasteiger partial charge in [-0.15, -0.1) is 0 Å². The van der Waals surface area contributed by atoms with Crippen molar-refractivity contribution in [3.05, 3.63) is 35.6 Å². The molecule has 0 radical (unpaired) electrons. The van der Waals surface area contributed by atoms with E-state index >= 15 is 0 Å². The molecule has 2 nitrogen and oxygen atoms in total. The minimum absolute atomic E-state index is 0.112. The summed E-state index contributed by atoms with van der Waals surface area (Å²) in [5, 5.41) is 1.23. The summed E-state index contributed by atoms with van der Waals surface area (Å²) in [5.74, 6) is 1.76. The predicted molar refractivity (Wildman–Crippen MR) is 82.1 cm³/mol. The molecule has 1 atom stereocenters. The highest BCUT2D eigenvalue weighted by atomic mass is 16.5. The summed E-state index contributed by atoms with van der Waals surface area (Å²) in [5.41, 5.74) is 2.30. The number of hydrogen-bond acceptors (Lipinski definition) is 2. The first kappa shape index (κ1) is 13.7. The second-order valence-corrected chi connectivity index (χ2v) is 5.81. The van der Waals surface area contributed by atoms with E-state index in [0.29, 0.717) is 5.92 Å². The number of rotatable bonds is 4. The fourth-order valence-corrected chi connectivity index (χ4v) is 3.51. The van der Waals surface area contributed by atoms with Crippen LogP contribution in [0.25, 0.3) is 11.0 Å². The van der Waals surface area contributed by atoms with E-state index < -0.39 is 0 Å². The van der Waals surface area contributed by atoms with Crippen molar-refractivity contribution in [2.45, 2.75) is 58.0 Å². The van der Waals surface area contributed by atoms with Crippen LogP contribution in [-0.2, 0) is 4.74 Å². The van der Waals surface area contributed by atoms with Gasteiger partial charge >= 0.3 is 0 Å². The number of furan rings is 1. The molecule has 2 heteroatoms. The monoisotopic (exact) mass is 272 g/mol. The van der Waals surface area contributed by atoms with Crippen molar-refractivity contribution >= 4 is 11.0 Å². The highest BCUT2D eigenvalue weighted by Gasteiger charge is 2.27. The first-order valence-electron chi connectivity index (χ1n) is 7.94. The van der Waals surface area contributed by atoms with Crippen molar-refractivity contribution < 1.29 is 9.15 Å². The standard InChI is InChI=1S/C18H24O2/c1-3-19-13(2)17-15-11-7-8-12-16(15)20-18(17)14-9-5-4-6-10-14/h7-8,11-14H,3-6,9-10H2,1-2H3. The molecular formula is C18H24O2. The maximum Gasteiger partial charge on any atom is 0.134 e. The van der Waals surface area contributed by atoms with Gasteiger partial charge in [-0.3, -0.25) is 0 Å². The van der Waals surface area contributed by atoms with E-state index in [1.807, 2.05) is 6.07 Å². The average Bonchev–Trinajstić information content (AvgIpc) is 2.88. The quantitative estimate of drug-likeness (QED) is 0.725. The Bertz CT molecular complexity index is 564. The van der Waals surface area contributed by atoms with Crippen molar-refractivity contribution in [2.75, 3.05) is 6.61 Å². The second-order valence-electron chi connectivity index (χ2n) is 5.81. The smallest absolute Gasteiger partial charge is 0.134 e. The predicted octanol–water partition coefficient (Wildman–Crippen LogP) is 5.58. The van der Waals surface area contributed by atoms with Gasteiger partial charge < -0.3 is 9.15 Å². The zero-order valence-corrected chi connectivity index (χ0v) is 12.5. The highest BCUT2D eigenvalue weighted by molar-refractivity contribution is 5.82. The van der Waals surface area contributed by atoms with E-state index in [0.717, 1.165) is 12.2 Å². The van der Waals surface area contributed by atoms with E-state index in [2.05, 4.69) is 32.0 Å². The first-order valence-corrected chi connectivity index (χ1v) is 7.94. The Kier molecular flexibility index (Phi) is 4.11. The number of benzene rings is 1. The van der Waals surface area contributed by atoms with Gasteiger partial charge in [0.25, 0.3) is 0 Å². The Morgan fingerprint density at radius 1 is 1.20 bits per heavy atom. The maximum atomic E-state index is 6.23. The molecule has 0 spiro atoms. The van der Waals surface area contributed by atoms with Crippen molar-refractivity contribution in [2.24, 2.45) is 0 Å². The number of ether oxygens (including phenoxy) is 1. The average molecular weight is 272 g/mol. The topological polar surface area (TPSA) is 22.4 Å². The molecule has 0 bridgehead atoms. The Hall–Kier alpha value is -1.28. The maximum absolute atomic E-state index is 6.23. The van der Waals surface area contributed by atoms with Gasteiger partial charge in [0.05, 0.1) is 6.10 Å². The van der Waals surface area contributed by atoms with E-state index in [4.69, 9.17) is 9.15 Å². The molecule has 0 N–H and O–H groups in total. The number of hydrogen-bond donors (Lipinski definition) is 0. The van der Waals surface area contributed by atoms with Gasteiger partial charge in [0, 0.05) is 23.5 Å². The van der Waals surface area contributed by atoms with Crippen LogP contribution in [0.2, 0.25) is 0 Å². The largest absolute Gasteiger partial charge is 0.460 e. The Labute approximate surface area is 121 Å². The van der Waals surface area contributed by atoms with Crippen LogP contribution in [0.15, 0.2) is 28.7 Å². The molecule has 1 aromatic heterocycles. The summed E-state index contributed by atoms with van der Waals surface area (Å²) in [6.45, 7) is 4.94. The summed E-state index contributed by atoms with van der Waals surface area (Å²) in [6.07, 6.45) is 6.64. The molecule has 0 amide bonds. The number of fused-ring (bicyclic) bond motifs is 1. The molecule has 0 saturated heterocycles. The lowest BCUT2D eigenvalue weighted by atomic mass is 9.85. The summed E-state index contributed by atoms with van der Waals surface area (Å²) in [7, 11) is 0. The molecule has 1 unspecified atom stereocenters. The van der Waals surface area contributed by atoms with Gasteiger partial charge in [-0.2, -0.15) is 0 Å². The molecule has 1 saturated carbocycles. The third kappa shape index (κ3) is 2.49. The third-order valence-corrected chi connectivity index (χ3v) is 4.46. The van der Waals surface area contributed by atoms with Crippen LogP contribution in [0.3, 0.4) is 0 Å². The lowest BCUT2D eigenvalue weighted by Gasteiger charge is -2.22. The zero-order valence-electron chi connectivity index (χ0n) is 12.5. The van der Waals surface area contributed by atoms with Crippen LogP contribution in [0, 0.1) is 0 Å². The minimum atomic E-state index is 0.112. The fourth-order valence-electron chi connectivity index (χ4n) is 3.51. The van der Waals surface area contributed by atoms with Crippen molar-refractivity contribution in [3.63, 3.8) is 0 Å². The van der Waals surface area contributed by atoms with Crippen LogP contribution >= 0.6 is 0 Å². The molecule has 1 heterocycles. The van der Waals surface area contributed by atoms with Crippen LogP contribution in [0.4, 0.5) is 0 Å².